The zero-order valence-electron chi connectivity index (χ0n) is 12.7. The smallest absolute Gasteiger partial charge is 0.243 e. The molecule has 0 bridgehead atoms. The highest BCUT2D eigenvalue weighted by molar-refractivity contribution is 7.89. The van der Waals surface area contributed by atoms with Gasteiger partial charge in [-0.15, -0.1) is 0 Å². The van der Waals surface area contributed by atoms with Crippen molar-refractivity contribution in [2.75, 3.05) is 27.2 Å². The van der Waals surface area contributed by atoms with E-state index < -0.39 is 10.0 Å². The highest BCUT2D eigenvalue weighted by Gasteiger charge is 2.30. The Kier molecular flexibility index (Phi) is 4.67. The Bertz CT molecular complexity index is 654. The number of nitrogens with zero attached hydrogens (tertiary/aromatic N) is 3. The van der Waals surface area contributed by atoms with Crippen LogP contribution in [0.5, 0.6) is 0 Å². The first-order valence-corrected chi connectivity index (χ1v) is 8.47. The van der Waals surface area contributed by atoms with E-state index in [1.54, 1.807) is 23.4 Å². The molecule has 1 aromatic rings. The first-order valence-electron chi connectivity index (χ1n) is 7.03. The SMILES string of the molecule is Cc1cc(S(=O)(=O)N2CCC(N(C)C)CC2)ccc1C#N. The van der Waals surface area contributed by atoms with Crippen molar-refractivity contribution in [3.63, 3.8) is 0 Å². The van der Waals surface area contributed by atoms with Crippen molar-refractivity contribution >= 4 is 10.0 Å². The Morgan fingerprint density at radius 2 is 1.90 bits per heavy atom. The molecule has 0 saturated carbocycles. The normalized spacial score (nSPS) is 17.9. The molecule has 1 fully saturated rings. The first kappa shape index (κ1) is 16.0. The summed E-state index contributed by atoms with van der Waals surface area (Å²) in [6, 6.07) is 7.20. The van der Waals surface area contributed by atoms with E-state index in [2.05, 4.69) is 11.0 Å². The zero-order chi connectivity index (χ0) is 15.6. The summed E-state index contributed by atoms with van der Waals surface area (Å²) in [6.45, 7) is 2.85. The Morgan fingerprint density at radius 1 is 1.29 bits per heavy atom. The number of piperidine rings is 1. The summed E-state index contributed by atoms with van der Waals surface area (Å²) >= 11 is 0. The third-order valence-corrected chi connectivity index (χ3v) is 6.00. The number of hydrogen-bond donors (Lipinski definition) is 0. The Labute approximate surface area is 126 Å². The zero-order valence-corrected chi connectivity index (χ0v) is 13.5. The summed E-state index contributed by atoms with van der Waals surface area (Å²) in [5.41, 5.74) is 1.21. The van der Waals surface area contributed by atoms with Gasteiger partial charge in [0.1, 0.15) is 0 Å². The van der Waals surface area contributed by atoms with Crippen molar-refractivity contribution in [3.05, 3.63) is 29.3 Å². The van der Waals surface area contributed by atoms with Crippen LogP contribution < -0.4 is 0 Å². The molecule has 5 nitrogen and oxygen atoms in total. The van der Waals surface area contributed by atoms with E-state index in [0.29, 0.717) is 30.3 Å². The van der Waals surface area contributed by atoms with Gasteiger partial charge in [0, 0.05) is 19.1 Å². The monoisotopic (exact) mass is 307 g/mol. The fourth-order valence-corrected chi connectivity index (χ4v) is 4.23. The summed E-state index contributed by atoms with van der Waals surface area (Å²) in [4.78, 5) is 2.43. The predicted molar refractivity (Wildman–Crippen MR) is 81.4 cm³/mol. The molecule has 0 amide bonds. The fraction of sp³-hybridized carbons (Fsp3) is 0.533. The van der Waals surface area contributed by atoms with Crippen LogP contribution in [0.1, 0.15) is 24.0 Å². The quantitative estimate of drug-likeness (QED) is 0.850. The van der Waals surface area contributed by atoms with Gasteiger partial charge in [0.25, 0.3) is 0 Å². The van der Waals surface area contributed by atoms with E-state index in [0.717, 1.165) is 12.8 Å². The Morgan fingerprint density at radius 3 is 2.38 bits per heavy atom. The van der Waals surface area contributed by atoms with Gasteiger partial charge in [-0.2, -0.15) is 9.57 Å². The molecular formula is C15H21N3O2S. The lowest BCUT2D eigenvalue weighted by molar-refractivity contribution is 0.196. The molecule has 1 aromatic carbocycles. The predicted octanol–water partition coefficient (Wildman–Crippen LogP) is 1.58. The van der Waals surface area contributed by atoms with E-state index in [4.69, 9.17) is 5.26 Å². The van der Waals surface area contributed by atoms with Crippen molar-refractivity contribution in [2.24, 2.45) is 0 Å². The molecule has 1 aliphatic heterocycles. The molecule has 0 atom stereocenters. The standard InChI is InChI=1S/C15H21N3O2S/c1-12-10-15(5-4-13(12)11-16)21(19,20)18-8-6-14(7-9-18)17(2)3/h4-5,10,14H,6-9H2,1-3H3. The summed E-state index contributed by atoms with van der Waals surface area (Å²) in [7, 11) is 0.600. The minimum Gasteiger partial charge on any atom is -0.306 e. The minimum atomic E-state index is -3.45. The van der Waals surface area contributed by atoms with Gasteiger partial charge < -0.3 is 4.90 Å². The lowest BCUT2D eigenvalue weighted by atomic mass is 10.1. The maximum absolute atomic E-state index is 12.6. The topological polar surface area (TPSA) is 64.4 Å². The van der Waals surface area contributed by atoms with Crippen LogP contribution >= 0.6 is 0 Å². The van der Waals surface area contributed by atoms with Crippen LogP contribution in [0, 0.1) is 18.3 Å². The second-order valence-corrected chi connectivity index (χ2v) is 7.63. The van der Waals surface area contributed by atoms with Crippen LogP contribution in [-0.4, -0.2) is 50.8 Å². The minimum absolute atomic E-state index is 0.280. The molecule has 1 saturated heterocycles. The Balaban J connectivity index is 2.20. The van der Waals surface area contributed by atoms with E-state index in [1.165, 1.54) is 6.07 Å². The summed E-state index contributed by atoms with van der Waals surface area (Å²) in [5, 5.41) is 8.93. The number of benzene rings is 1. The largest absolute Gasteiger partial charge is 0.306 e. The molecule has 1 heterocycles. The van der Waals surface area contributed by atoms with Gasteiger partial charge in [-0.05, 0) is 57.6 Å². The molecule has 0 N–H and O–H groups in total. The third kappa shape index (κ3) is 3.26. The van der Waals surface area contributed by atoms with E-state index in [-0.39, 0.29) is 4.90 Å². The van der Waals surface area contributed by atoms with E-state index >= 15 is 0 Å². The van der Waals surface area contributed by atoms with Gasteiger partial charge in [-0.1, -0.05) is 0 Å². The number of nitriles is 1. The fourth-order valence-electron chi connectivity index (χ4n) is 2.67. The summed E-state index contributed by atoms with van der Waals surface area (Å²) in [5.74, 6) is 0. The number of hydrogen-bond acceptors (Lipinski definition) is 4. The summed E-state index contributed by atoms with van der Waals surface area (Å²) in [6.07, 6.45) is 1.70. The molecule has 114 valence electrons. The lowest BCUT2D eigenvalue weighted by Crippen LogP contribution is -2.44. The van der Waals surface area contributed by atoms with Crippen LogP contribution in [0.15, 0.2) is 23.1 Å². The molecular weight excluding hydrogens is 286 g/mol. The van der Waals surface area contributed by atoms with Crippen molar-refractivity contribution < 1.29 is 8.42 Å². The first-order chi connectivity index (χ1) is 9.86. The van der Waals surface area contributed by atoms with Gasteiger partial charge in [0.05, 0.1) is 16.5 Å². The average Bonchev–Trinajstić information content (AvgIpc) is 2.47. The molecule has 2 rings (SSSR count). The van der Waals surface area contributed by atoms with E-state index in [1.807, 2.05) is 14.1 Å². The van der Waals surface area contributed by atoms with Gasteiger partial charge in [-0.3, -0.25) is 0 Å². The number of rotatable bonds is 3. The highest BCUT2D eigenvalue weighted by Crippen LogP contribution is 2.23. The molecule has 21 heavy (non-hydrogen) atoms. The van der Waals surface area contributed by atoms with Gasteiger partial charge in [-0.25, -0.2) is 8.42 Å². The molecule has 6 heteroatoms. The van der Waals surface area contributed by atoms with Crippen LogP contribution in [0.3, 0.4) is 0 Å². The van der Waals surface area contributed by atoms with Crippen molar-refractivity contribution in [1.82, 2.24) is 9.21 Å². The maximum atomic E-state index is 12.6. The van der Waals surface area contributed by atoms with Crippen LogP contribution in [0.4, 0.5) is 0 Å². The van der Waals surface area contributed by atoms with Crippen LogP contribution in [0.2, 0.25) is 0 Å². The average molecular weight is 307 g/mol. The van der Waals surface area contributed by atoms with Gasteiger partial charge in [0.2, 0.25) is 10.0 Å². The summed E-state index contributed by atoms with van der Waals surface area (Å²) < 4.78 is 26.8. The second-order valence-electron chi connectivity index (χ2n) is 5.69. The number of aryl methyl sites for hydroxylation is 1. The van der Waals surface area contributed by atoms with E-state index in [9.17, 15) is 8.42 Å². The van der Waals surface area contributed by atoms with Crippen molar-refractivity contribution in [3.8, 4) is 6.07 Å². The van der Waals surface area contributed by atoms with Crippen LogP contribution in [-0.2, 0) is 10.0 Å². The second kappa shape index (κ2) is 6.14. The molecule has 1 aliphatic rings. The van der Waals surface area contributed by atoms with Gasteiger partial charge >= 0.3 is 0 Å². The lowest BCUT2D eigenvalue weighted by Gasteiger charge is -2.34. The third-order valence-electron chi connectivity index (χ3n) is 4.11. The van der Waals surface area contributed by atoms with Crippen LogP contribution in [0.25, 0.3) is 0 Å². The highest BCUT2D eigenvalue weighted by atomic mass is 32.2. The molecule has 0 unspecified atom stereocenters. The van der Waals surface area contributed by atoms with Crippen molar-refractivity contribution in [2.45, 2.75) is 30.7 Å². The number of sulfonamides is 1. The maximum Gasteiger partial charge on any atom is 0.243 e. The van der Waals surface area contributed by atoms with Crippen molar-refractivity contribution in [1.29, 1.82) is 5.26 Å². The van der Waals surface area contributed by atoms with Gasteiger partial charge in [0.15, 0.2) is 0 Å². The molecule has 0 aliphatic carbocycles. The Hall–Kier alpha value is -1.42. The molecule has 0 spiro atoms. The molecule has 0 radical (unpaired) electrons. The molecule has 0 aromatic heterocycles.